The fraction of sp³-hybridized carbons (Fsp3) is 0.345. The van der Waals surface area contributed by atoms with Gasteiger partial charge in [-0.1, -0.05) is 30.2 Å². The third-order valence-electron chi connectivity index (χ3n) is 7.18. The first-order valence-electron chi connectivity index (χ1n) is 12.5. The van der Waals surface area contributed by atoms with Crippen molar-refractivity contribution < 1.29 is 23.1 Å². The van der Waals surface area contributed by atoms with Gasteiger partial charge >= 0.3 is 0 Å². The zero-order valence-electron chi connectivity index (χ0n) is 21.1. The van der Waals surface area contributed by atoms with E-state index in [9.17, 15) is 14.0 Å². The quantitative estimate of drug-likeness (QED) is 0.401. The zero-order valence-corrected chi connectivity index (χ0v) is 22.1. The lowest BCUT2D eigenvalue weighted by Gasteiger charge is -2.38. The summed E-state index contributed by atoms with van der Waals surface area (Å²) < 4.78 is 25.9. The molecule has 0 aliphatic carbocycles. The Morgan fingerprint density at radius 1 is 1.16 bits per heavy atom. The summed E-state index contributed by atoms with van der Waals surface area (Å²) in [6, 6.07) is 14.4. The number of carbonyl (C=O) groups excluding carboxylic acids is 1. The molecule has 3 N–H and O–H groups in total. The number of likely N-dealkylation sites (tertiary alicyclic amines) is 1. The summed E-state index contributed by atoms with van der Waals surface area (Å²) in [5, 5.41) is 0. The maximum absolute atomic E-state index is 14.0. The third-order valence-corrected chi connectivity index (χ3v) is 8.43. The van der Waals surface area contributed by atoms with Crippen LogP contribution in [-0.4, -0.2) is 43.6 Å². The van der Waals surface area contributed by atoms with Crippen LogP contribution in [0.25, 0.3) is 0 Å². The van der Waals surface area contributed by atoms with Gasteiger partial charge in [0.2, 0.25) is 0 Å². The van der Waals surface area contributed by atoms with Crippen molar-refractivity contribution in [1.82, 2.24) is 4.90 Å². The van der Waals surface area contributed by atoms with Crippen LogP contribution in [-0.2, 0) is 18.0 Å². The molecule has 0 radical (unpaired) electrons. The van der Waals surface area contributed by atoms with Crippen LogP contribution < -0.4 is 10.5 Å². The van der Waals surface area contributed by atoms with Crippen LogP contribution in [0.2, 0.25) is 13.1 Å². The molecule has 0 unspecified atom stereocenters. The van der Waals surface area contributed by atoms with Gasteiger partial charge in [0.1, 0.15) is 11.6 Å². The minimum Gasteiger partial charge on any atom is -0.492 e. The Hall–Kier alpha value is -3.38. The van der Waals surface area contributed by atoms with E-state index in [0.29, 0.717) is 37.8 Å². The summed E-state index contributed by atoms with van der Waals surface area (Å²) in [5.41, 5.74) is 8.89. The third kappa shape index (κ3) is 5.21. The van der Waals surface area contributed by atoms with Gasteiger partial charge in [-0.2, -0.15) is 0 Å². The van der Waals surface area contributed by atoms with Crippen molar-refractivity contribution in [3.63, 3.8) is 0 Å². The molecule has 0 saturated carbocycles. The summed E-state index contributed by atoms with van der Waals surface area (Å²) in [6.45, 7) is 5.83. The molecular weight excluding hydrogens is 487 g/mol. The molecule has 1 fully saturated rings. The average Bonchev–Trinajstić information content (AvgIpc) is 3.43. The molecule has 1 spiro atoms. The van der Waals surface area contributed by atoms with E-state index in [2.05, 4.69) is 17.9 Å². The second-order valence-corrected chi connectivity index (χ2v) is 14.6. The van der Waals surface area contributed by atoms with Crippen LogP contribution in [0.5, 0.6) is 5.75 Å². The van der Waals surface area contributed by atoms with Crippen LogP contribution in [0.3, 0.4) is 0 Å². The summed E-state index contributed by atoms with van der Waals surface area (Å²) in [7, 11) is -2.55. The number of piperidine rings is 1. The molecule has 3 heterocycles. The van der Waals surface area contributed by atoms with E-state index in [4.69, 9.17) is 14.9 Å². The lowest BCUT2D eigenvalue weighted by molar-refractivity contribution is 0.0614. The Bertz CT molecular complexity index is 1390. The fourth-order valence-electron chi connectivity index (χ4n) is 5.19. The van der Waals surface area contributed by atoms with E-state index >= 15 is 0 Å². The van der Waals surface area contributed by atoms with Gasteiger partial charge in [-0.25, -0.2) is 4.39 Å². The Kier molecular flexibility index (Phi) is 6.71. The van der Waals surface area contributed by atoms with Crippen LogP contribution in [0.1, 0.15) is 51.4 Å². The van der Waals surface area contributed by atoms with Crippen molar-refractivity contribution >= 4 is 14.2 Å². The van der Waals surface area contributed by atoms with E-state index in [-0.39, 0.29) is 28.4 Å². The second kappa shape index (κ2) is 9.82. The molecule has 1 amide bonds. The lowest BCUT2D eigenvalue weighted by Crippen LogP contribution is -2.46. The summed E-state index contributed by atoms with van der Waals surface area (Å²) in [4.78, 5) is 26.0. The number of rotatable bonds is 4. The molecule has 2 aromatic carbocycles. The molecule has 2 aliphatic rings. The molecule has 3 aromatic rings. The van der Waals surface area contributed by atoms with E-state index in [1.165, 1.54) is 11.6 Å². The second-order valence-electron chi connectivity index (χ2n) is 10.6. The van der Waals surface area contributed by atoms with Crippen molar-refractivity contribution in [2.45, 2.75) is 43.9 Å². The largest absolute Gasteiger partial charge is 0.492 e. The normalized spacial score (nSPS) is 16.2. The minimum atomic E-state index is -2.55. The number of carbonyl (C=O) groups is 1. The number of hydrogen-bond acceptors (Lipinski definition) is 5. The van der Waals surface area contributed by atoms with Gasteiger partial charge in [-0.3, -0.25) is 4.79 Å². The molecule has 0 bridgehead atoms. The van der Waals surface area contributed by atoms with Gasteiger partial charge < -0.3 is 24.6 Å². The van der Waals surface area contributed by atoms with Crippen LogP contribution in [0.15, 0.2) is 52.9 Å². The zero-order chi connectivity index (χ0) is 26.2. The predicted molar refractivity (Wildman–Crippen MR) is 141 cm³/mol. The van der Waals surface area contributed by atoms with E-state index in [1.54, 1.807) is 29.2 Å². The molecule has 2 aliphatic heterocycles. The number of furan rings is 1. The maximum atomic E-state index is 14.0. The van der Waals surface area contributed by atoms with Gasteiger partial charge in [0.15, 0.2) is 19.8 Å². The lowest BCUT2D eigenvalue weighted by atomic mass is 9.74. The Balaban J connectivity index is 1.38. The number of amides is 1. The molecule has 1 aromatic heterocycles. The molecule has 37 heavy (non-hydrogen) atoms. The Morgan fingerprint density at radius 3 is 2.62 bits per heavy atom. The minimum absolute atomic E-state index is 0.125. The molecule has 6 nitrogen and oxygen atoms in total. The van der Waals surface area contributed by atoms with Gasteiger partial charge in [0.25, 0.3) is 5.91 Å². The fourth-order valence-corrected chi connectivity index (χ4v) is 6.39. The molecular formula is C29H31FN2O4Si. The highest BCUT2D eigenvalue weighted by atomic mass is 28.4. The Labute approximate surface area is 217 Å². The van der Waals surface area contributed by atoms with Crippen LogP contribution in [0.4, 0.5) is 4.39 Å². The Morgan fingerprint density at radius 2 is 1.92 bits per heavy atom. The first-order chi connectivity index (χ1) is 17.7. The molecule has 192 valence electrons. The number of nitrogens with two attached hydrogens (primary N) is 1. The molecule has 0 atom stereocenters. The monoisotopic (exact) mass is 518 g/mol. The smallest absolute Gasteiger partial charge is 0.289 e. The highest BCUT2D eigenvalue weighted by Gasteiger charge is 2.44. The van der Waals surface area contributed by atoms with Crippen LogP contribution in [0, 0.1) is 17.7 Å². The SMILES string of the molecule is C[Si](C)(O)Cc1cc(C#Cc2ccccc2F)oc1C(=O)N1CCC2(CC1)COc1ccc(CN)cc12. The van der Waals surface area contributed by atoms with E-state index in [0.717, 1.165) is 24.2 Å². The number of nitrogens with zero attached hydrogens (tertiary/aromatic N) is 1. The maximum Gasteiger partial charge on any atom is 0.289 e. The van der Waals surface area contributed by atoms with Crippen molar-refractivity contribution in [2.75, 3.05) is 19.7 Å². The molecule has 5 rings (SSSR count). The number of halogens is 1. The van der Waals surface area contributed by atoms with E-state index < -0.39 is 14.1 Å². The van der Waals surface area contributed by atoms with Crippen LogP contribution >= 0.6 is 0 Å². The first kappa shape index (κ1) is 25.3. The summed E-state index contributed by atoms with van der Waals surface area (Å²) in [6.07, 6.45) is 1.55. The van der Waals surface area contributed by atoms with Gasteiger partial charge in [-0.15, -0.1) is 0 Å². The first-order valence-corrected chi connectivity index (χ1v) is 15.7. The number of ether oxygens (including phenoxy) is 1. The van der Waals surface area contributed by atoms with Crippen molar-refractivity contribution in [1.29, 1.82) is 0 Å². The van der Waals surface area contributed by atoms with Gasteiger partial charge in [0, 0.05) is 36.2 Å². The van der Waals surface area contributed by atoms with Gasteiger partial charge in [0.05, 0.1) is 12.2 Å². The topological polar surface area (TPSA) is 88.9 Å². The molecule has 8 heteroatoms. The highest BCUT2D eigenvalue weighted by Crippen LogP contribution is 2.46. The summed E-state index contributed by atoms with van der Waals surface area (Å²) in [5.74, 6) is 6.39. The number of hydrogen-bond donors (Lipinski definition) is 2. The van der Waals surface area contributed by atoms with Crippen molar-refractivity contribution in [3.8, 4) is 17.6 Å². The molecule has 1 saturated heterocycles. The van der Waals surface area contributed by atoms with E-state index in [1.807, 2.05) is 25.2 Å². The van der Waals surface area contributed by atoms with Crippen molar-refractivity contribution in [2.24, 2.45) is 5.73 Å². The highest BCUT2D eigenvalue weighted by molar-refractivity contribution is 6.69. The predicted octanol–water partition coefficient (Wildman–Crippen LogP) is 4.12. The van der Waals surface area contributed by atoms with Gasteiger partial charge in [-0.05, 0) is 67.7 Å². The van der Waals surface area contributed by atoms with Crippen molar-refractivity contribution in [3.05, 3.63) is 88.1 Å². The number of fused-ring (bicyclic) bond motifs is 2. The standard InChI is InChI=1S/C29H31FN2O4Si/c1-37(2,34)18-22-16-23(9-8-21-5-3-4-6-25(21)30)36-27(22)28(33)32-13-11-29(12-14-32)19-35-26-10-7-20(17-31)15-24(26)29/h3-7,10,15-16,34H,11-14,17-19,31H2,1-2H3. The summed E-state index contributed by atoms with van der Waals surface area (Å²) >= 11 is 0. The average molecular weight is 519 g/mol. The number of benzene rings is 2.